The molecule has 2 rings (SSSR count). The first kappa shape index (κ1) is 11.5. The summed E-state index contributed by atoms with van der Waals surface area (Å²) in [6.45, 7) is 6.05. The maximum atomic E-state index is 5.41. The number of rotatable bonds is 4. The van der Waals surface area contributed by atoms with Gasteiger partial charge in [0.25, 0.3) is 0 Å². The fourth-order valence-corrected chi connectivity index (χ4v) is 1.84. The van der Waals surface area contributed by atoms with Crippen molar-refractivity contribution in [2.24, 2.45) is 0 Å². The molecule has 0 N–H and O–H groups in total. The molecule has 0 bridgehead atoms. The lowest BCUT2D eigenvalue weighted by atomic mass is 10.0. The molecule has 0 aromatic carbocycles. The van der Waals surface area contributed by atoms with E-state index >= 15 is 0 Å². The van der Waals surface area contributed by atoms with E-state index in [1.165, 1.54) is 0 Å². The summed E-state index contributed by atoms with van der Waals surface area (Å²) in [7, 11) is 0. The van der Waals surface area contributed by atoms with Crippen molar-refractivity contribution in [3.63, 3.8) is 0 Å². The van der Waals surface area contributed by atoms with E-state index in [1.807, 2.05) is 13.8 Å². The quantitative estimate of drug-likeness (QED) is 0.786. The lowest BCUT2D eigenvalue weighted by Gasteiger charge is -2.18. The van der Waals surface area contributed by atoms with Gasteiger partial charge in [-0.25, -0.2) is 0 Å². The molecule has 0 spiro atoms. The molecule has 16 heavy (non-hydrogen) atoms. The molecule has 90 valence electrons. The largest absolute Gasteiger partial charge is 0.381 e. The Kier molecular flexibility index (Phi) is 3.90. The average molecular weight is 226 g/mol. The van der Waals surface area contributed by atoms with E-state index in [2.05, 4.69) is 10.1 Å². The lowest BCUT2D eigenvalue weighted by Crippen LogP contribution is -2.15. The van der Waals surface area contributed by atoms with Crippen molar-refractivity contribution in [3.05, 3.63) is 11.7 Å². The van der Waals surface area contributed by atoms with Crippen LogP contribution in [0, 0.1) is 0 Å². The van der Waals surface area contributed by atoms with Gasteiger partial charge >= 0.3 is 0 Å². The minimum absolute atomic E-state index is 0.105. The Morgan fingerprint density at radius 1 is 1.56 bits per heavy atom. The molecule has 1 aliphatic rings. The highest BCUT2D eigenvalue weighted by molar-refractivity contribution is 4.97. The van der Waals surface area contributed by atoms with E-state index in [4.69, 9.17) is 14.0 Å². The first-order valence-electron chi connectivity index (χ1n) is 5.84. The Bertz CT molecular complexity index is 321. The van der Waals surface area contributed by atoms with Gasteiger partial charge in [-0.05, 0) is 26.7 Å². The number of ether oxygens (including phenoxy) is 2. The third kappa shape index (κ3) is 2.59. The molecule has 0 aliphatic carbocycles. The molecule has 1 aromatic rings. The summed E-state index contributed by atoms with van der Waals surface area (Å²) in [4.78, 5) is 4.37. The maximum absolute atomic E-state index is 5.41. The molecule has 1 fully saturated rings. The van der Waals surface area contributed by atoms with Crippen molar-refractivity contribution in [3.8, 4) is 0 Å². The van der Waals surface area contributed by atoms with Gasteiger partial charge in [0.15, 0.2) is 5.82 Å². The molecule has 0 unspecified atom stereocenters. The van der Waals surface area contributed by atoms with Crippen molar-refractivity contribution < 1.29 is 14.0 Å². The molecule has 1 aromatic heterocycles. The first-order valence-corrected chi connectivity index (χ1v) is 5.84. The van der Waals surface area contributed by atoms with E-state index in [0.717, 1.165) is 19.4 Å². The van der Waals surface area contributed by atoms with Gasteiger partial charge in [-0.2, -0.15) is 4.98 Å². The topological polar surface area (TPSA) is 57.4 Å². The van der Waals surface area contributed by atoms with E-state index in [0.29, 0.717) is 24.9 Å². The summed E-state index contributed by atoms with van der Waals surface area (Å²) in [5, 5.41) is 3.94. The molecular weight excluding hydrogens is 208 g/mol. The molecule has 1 aliphatic heterocycles. The highest BCUT2D eigenvalue weighted by Gasteiger charge is 2.23. The van der Waals surface area contributed by atoms with Crippen LogP contribution in [0.2, 0.25) is 0 Å². The van der Waals surface area contributed by atoms with Crippen molar-refractivity contribution in [1.29, 1.82) is 0 Å². The zero-order chi connectivity index (χ0) is 11.4. The summed E-state index contributed by atoms with van der Waals surface area (Å²) in [6, 6.07) is 0. The highest BCUT2D eigenvalue weighted by atomic mass is 16.5. The van der Waals surface area contributed by atoms with E-state index in [9.17, 15) is 0 Å². The van der Waals surface area contributed by atoms with Crippen LogP contribution in [-0.4, -0.2) is 30.0 Å². The number of hydrogen-bond donors (Lipinski definition) is 0. The maximum Gasteiger partial charge on any atom is 0.232 e. The van der Waals surface area contributed by atoms with Crippen molar-refractivity contribution in [2.45, 2.75) is 38.7 Å². The van der Waals surface area contributed by atoms with Crippen LogP contribution in [0.15, 0.2) is 4.52 Å². The van der Waals surface area contributed by atoms with E-state index in [-0.39, 0.29) is 12.0 Å². The fourth-order valence-electron chi connectivity index (χ4n) is 1.84. The highest BCUT2D eigenvalue weighted by Crippen LogP contribution is 2.25. The van der Waals surface area contributed by atoms with Gasteiger partial charge in [0.05, 0.1) is 12.5 Å². The molecular formula is C11H18N2O3. The van der Waals surface area contributed by atoms with Crippen molar-refractivity contribution in [1.82, 2.24) is 10.1 Å². The molecule has 2 heterocycles. The zero-order valence-electron chi connectivity index (χ0n) is 9.81. The van der Waals surface area contributed by atoms with Gasteiger partial charge in [-0.3, -0.25) is 0 Å². The normalized spacial score (nSPS) is 23.2. The average Bonchev–Trinajstić information content (AvgIpc) is 2.80. The predicted octanol–water partition coefficient (Wildman–Crippen LogP) is 2.06. The van der Waals surface area contributed by atoms with Crippen LogP contribution in [0.25, 0.3) is 0 Å². The summed E-state index contributed by atoms with van der Waals surface area (Å²) in [5.41, 5.74) is 0. The molecule has 2 atom stereocenters. The number of nitrogens with zero attached hydrogens (tertiary/aromatic N) is 2. The minimum atomic E-state index is -0.105. The third-order valence-corrected chi connectivity index (χ3v) is 2.75. The van der Waals surface area contributed by atoms with Crippen molar-refractivity contribution in [2.75, 3.05) is 19.8 Å². The smallest absolute Gasteiger partial charge is 0.232 e. The second kappa shape index (κ2) is 5.41. The molecule has 0 saturated carbocycles. The number of hydrogen-bond acceptors (Lipinski definition) is 5. The predicted molar refractivity (Wildman–Crippen MR) is 57.1 cm³/mol. The Morgan fingerprint density at radius 2 is 2.44 bits per heavy atom. The SMILES string of the molecule is CCO[C@@H](C)c1noc([C@H]2CCCOC2)n1. The van der Waals surface area contributed by atoms with Crippen LogP contribution in [0.3, 0.4) is 0 Å². The Hall–Kier alpha value is -0.940. The van der Waals surface area contributed by atoms with E-state index < -0.39 is 0 Å². The van der Waals surface area contributed by atoms with Crippen LogP contribution in [-0.2, 0) is 9.47 Å². The second-order valence-electron chi connectivity index (χ2n) is 4.00. The van der Waals surface area contributed by atoms with Gasteiger partial charge in [0.1, 0.15) is 6.10 Å². The Labute approximate surface area is 95.1 Å². The van der Waals surface area contributed by atoms with Gasteiger partial charge in [-0.15, -0.1) is 0 Å². The summed E-state index contributed by atoms with van der Waals surface area (Å²) < 4.78 is 16.1. The fraction of sp³-hybridized carbons (Fsp3) is 0.818. The van der Waals surface area contributed by atoms with E-state index in [1.54, 1.807) is 0 Å². The van der Waals surface area contributed by atoms with Crippen LogP contribution >= 0.6 is 0 Å². The minimum Gasteiger partial charge on any atom is -0.381 e. The summed E-state index contributed by atoms with van der Waals surface area (Å²) in [5.74, 6) is 1.56. The standard InChI is InChI=1S/C11H18N2O3/c1-3-15-8(2)10-12-11(16-13-10)9-5-4-6-14-7-9/h8-9H,3-7H2,1-2H3/t8-,9-/m0/s1. The summed E-state index contributed by atoms with van der Waals surface area (Å²) >= 11 is 0. The van der Waals surface area contributed by atoms with Crippen LogP contribution in [0.5, 0.6) is 0 Å². The van der Waals surface area contributed by atoms with Crippen LogP contribution in [0.1, 0.15) is 50.4 Å². The third-order valence-electron chi connectivity index (χ3n) is 2.75. The molecule has 5 heteroatoms. The Balaban J connectivity index is 2.00. The van der Waals surface area contributed by atoms with Gasteiger partial charge in [-0.1, -0.05) is 5.16 Å². The summed E-state index contributed by atoms with van der Waals surface area (Å²) in [6.07, 6.45) is 2.01. The van der Waals surface area contributed by atoms with Crippen LogP contribution in [0.4, 0.5) is 0 Å². The lowest BCUT2D eigenvalue weighted by molar-refractivity contribution is 0.0679. The van der Waals surface area contributed by atoms with Gasteiger partial charge in [0, 0.05) is 13.2 Å². The monoisotopic (exact) mass is 226 g/mol. The van der Waals surface area contributed by atoms with Crippen molar-refractivity contribution >= 4 is 0 Å². The zero-order valence-corrected chi connectivity index (χ0v) is 9.81. The van der Waals surface area contributed by atoms with Gasteiger partial charge in [0.2, 0.25) is 5.89 Å². The molecule has 5 nitrogen and oxygen atoms in total. The molecule has 0 amide bonds. The Morgan fingerprint density at radius 3 is 3.12 bits per heavy atom. The van der Waals surface area contributed by atoms with Crippen LogP contribution < -0.4 is 0 Å². The first-order chi connectivity index (χ1) is 7.81. The molecule has 1 saturated heterocycles. The molecule has 0 radical (unpaired) electrons. The second-order valence-corrected chi connectivity index (χ2v) is 4.00. The van der Waals surface area contributed by atoms with Gasteiger partial charge < -0.3 is 14.0 Å². The number of aromatic nitrogens is 2.